The van der Waals surface area contributed by atoms with Crippen molar-refractivity contribution in [1.82, 2.24) is 5.32 Å². The van der Waals surface area contributed by atoms with Gasteiger partial charge in [0.25, 0.3) is 11.8 Å². The minimum atomic E-state index is -0.424. The average molecular weight is 491 g/mol. The van der Waals surface area contributed by atoms with Crippen molar-refractivity contribution in [2.24, 2.45) is 5.92 Å². The standard InChI is InChI=1S/C28H30N2O4S/c1-17-4-9-20(10-5-17)25(31)30-27-24(22-13-8-19(3)16-23(22)35-27)26(32)29-14-15-34-28(33)21-11-6-18(2)7-12-21/h4-7,9-12,19H,8,13-16H2,1-3H3,(H,29,32)(H,30,31). The fraction of sp³-hybridized carbons (Fsp3) is 0.321. The predicted molar refractivity (Wildman–Crippen MR) is 138 cm³/mol. The van der Waals surface area contributed by atoms with Gasteiger partial charge < -0.3 is 15.4 Å². The van der Waals surface area contributed by atoms with E-state index < -0.39 is 5.97 Å². The smallest absolute Gasteiger partial charge is 0.338 e. The van der Waals surface area contributed by atoms with Crippen LogP contribution in [0.5, 0.6) is 0 Å². The summed E-state index contributed by atoms with van der Waals surface area (Å²) in [6, 6.07) is 14.5. The molecule has 2 N–H and O–H groups in total. The van der Waals surface area contributed by atoms with Crippen LogP contribution >= 0.6 is 11.3 Å². The highest BCUT2D eigenvalue weighted by atomic mass is 32.1. The Kier molecular flexibility index (Phi) is 7.66. The number of hydrogen-bond acceptors (Lipinski definition) is 5. The van der Waals surface area contributed by atoms with Gasteiger partial charge >= 0.3 is 5.97 Å². The first-order valence-electron chi connectivity index (χ1n) is 11.9. The molecule has 0 saturated carbocycles. The Balaban J connectivity index is 1.43. The van der Waals surface area contributed by atoms with Crippen molar-refractivity contribution in [3.05, 3.63) is 86.8 Å². The fourth-order valence-corrected chi connectivity index (χ4v) is 5.53. The first-order valence-corrected chi connectivity index (χ1v) is 12.7. The van der Waals surface area contributed by atoms with E-state index >= 15 is 0 Å². The zero-order chi connectivity index (χ0) is 24.9. The van der Waals surface area contributed by atoms with Crippen LogP contribution in [0.3, 0.4) is 0 Å². The van der Waals surface area contributed by atoms with E-state index in [1.54, 1.807) is 24.3 Å². The Morgan fingerprint density at radius 2 is 1.57 bits per heavy atom. The van der Waals surface area contributed by atoms with Crippen LogP contribution in [0.2, 0.25) is 0 Å². The van der Waals surface area contributed by atoms with Crippen LogP contribution in [0.4, 0.5) is 5.00 Å². The number of fused-ring (bicyclic) bond motifs is 1. The quantitative estimate of drug-likeness (QED) is 0.346. The summed E-state index contributed by atoms with van der Waals surface area (Å²) in [4.78, 5) is 39.4. The highest BCUT2D eigenvalue weighted by Gasteiger charge is 2.28. The summed E-state index contributed by atoms with van der Waals surface area (Å²) < 4.78 is 5.30. The number of esters is 1. The van der Waals surface area contributed by atoms with E-state index in [4.69, 9.17) is 4.74 Å². The predicted octanol–water partition coefficient (Wildman–Crippen LogP) is 5.33. The Labute approximate surface area is 209 Å². The second-order valence-electron chi connectivity index (χ2n) is 9.13. The lowest BCUT2D eigenvalue weighted by atomic mass is 9.88. The van der Waals surface area contributed by atoms with Gasteiger partial charge in [0, 0.05) is 10.4 Å². The lowest BCUT2D eigenvalue weighted by Gasteiger charge is -2.18. The molecule has 0 fully saturated rings. The Hall–Kier alpha value is -3.45. The third-order valence-electron chi connectivity index (χ3n) is 6.19. The van der Waals surface area contributed by atoms with Crippen LogP contribution in [0.15, 0.2) is 48.5 Å². The van der Waals surface area contributed by atoms with E-state index in [0.29, 0.717) is 27.6 Å². The average Bonchev–Trinajstić information content (AvgIpc) is 3.19. The molecule has 1 heterocycles. The molecular weight excluding hydrogens is 460 g/mol. The number of hydrogen-bond donors (Lipinski definition) is 2. The molecule has 35 heavy (non-hydrogen) atoms. The summed E-state index contributed by atoms with van der Waals surface area (Å²) >= 11 is 1.48. The molecule has 1 aliphatic rings. The maximum Gasteiger partial charge on any atom is 0.338 e. The molecule has 0 saturated heterocycles. The third kappa shape index (κ3) is 5.98. The molecule has 1 unspecified atom stereocenters. The number of benzene rings is 2. The number of carbonyl (C=O) groups excluding carboxylic acids is 3. The molecule has 0 radical (unpaired) electrons. The zero-order valence-electron chi connectivity index (χ0n) is 20.3. The molecular formula is C28H30N2O4S. The van der Waals surface area contributed by atoms with E-state index in [9.17, 15) is 14.4 Å². The molecule has 7 heteroatoms. The highest BCUT2D eigenvalue weighted by Crippen LogP contribution is 2.39. The highest BCUT2D eigenvalue weighted by molar-refractivity contribution is 7.17. The van der Waals surface area contributed by atoms with Crippen LogP contribution in [0, 0.1) is 19.8 Å². The van der Waals surface area contributed by atoms with Crippen LogP contribution in [0.1, 0.15) is 66.0 Å². The second kappa shape index (κ2) is 10.9. The van der Waals surface area contributed by atoms with Gasteiger partial charge in [0.15, 0.2) is 0 Å². The van der Waals surface area contributed by atoms with Gasteiger partial charge in [-0.15, -0.1) is 11.3 Å². The van der Waals surface area contributed by atoms with E-state index in [-0.39, 0.29) is 25.0 Å². The monoisotopic (exact) mass is 490 g/mol. The first kappa shape index (κ1) is 24.7. The van der Waals surface area contributed by atoms with Gasteiger partial charge in [0.05, 0.1) is 17.7 Å². The van der Waals surface area contributed by atoms with Gasteiger partial charge in [-0.25, -0.2) is 4.79 Å². The summed E-state index contributed by atoms with van der Waals surface area (Å²) in [6.45, 7) is 6.37. The van der Waals surface area contributed by atoms with Gasteiger partial charge in [-0.05, 0) is 68.9 Å². The first-order chi connectivity index (χ1) is 16.8. The molecule has 1 aliphatic carbocycles. The molecule has 6 nitrogen and oxygen atoms in total. The summed E-state index contributed by atoms with van der Waals surface area (Å²) in [6.07, 6.45) is 2.71. The second-order valence-corrected chi connectivity index (χ2v) is 10.2. The number of thiophene rings is 1. The molecule has 2 aromatic carbocycles. The van der Waals surface area contributed by atoms with Crippen molar-refractivity contribution in [3.8, 4) is 0 Å². The molecule has 182 valence electrons. The van der Waals surface area contributed by atoms with E-state index in [1.165, 1.54) is 11.3 Å². The van der Waals surface area contributed by atoms with Crippen molar-refractivity contribution in [2.45, 2.75) is 40.0 Å². The third-order valence-corrected chi connectivity index (χ3v) is 7.36. The van der Waals surface area contributed by atoms with Crippen LogP contribution in [-0.4, -0.2) is 30.9 Å². The van der Waals surface area contributed by atoms with Crippen molar-refractivity contribution in [2.75, 3.05) is 18.5 Å². The number of rotatable bonds is 7. The number of anilines is 1. The van der Waals surface area contributed by atoms with Crippen LogP contribution < -0.4 is 10.6 Å². The minimum Gasteiger partial charge on any atom is -0.460 e. The minimum absolute atomic E-state index is 0.0624. The van der Waals surface area contributed by atoms with Crippen LogP contribution in [-0.2, 0) is 17.6 Å². The largest absolute Gasteiger partial charge is 0.460 e. The van der Waals surface area contributed by atoms with E-state index in [0.717, 1.165) is 40.8 Å². The SMILES string of the molecule is Cc1ccc(C(=O)Nc2sc3c(c2C(=O)NCCOC(=O)c2ccc(C)cc2)CCC(C)C3)cc1. The Bertz CT molecular complexity index is 1230. The molecule has 0 spiro atoms. The maximum absolute atomic E-state index is 13.2. The molecule has 0 aliphatic heterocycles. The Morgan fingerprint density at radius 1 is 0.943 bits per heavy atom. The maximum atomic E-state index is 13.2. The Morgan fingerprint density at radius 3 is 2.23 bits per heavy atom. The van der Waals surface area contributed by atoms with Crippen molar-refractivity contribution in [3.63, 3.8) is 0 Å². The molecule has 0 bridgehead atoms. The number of amides is 2. The fourth-order valence-electron chi connectivity index (χ4n) is 4.13. The van der Waals surface area contributed by atoms with Gasteiger partial charge in [0.2, 0.25) is 0 Å². The van der Waals surface area contributed by atoms with Crippen molar-refractivity contribution < 1.29 is 19.1 Å². The summed E-state index contributed by atoms with van der Waals surface area (Å²) in [5, 5.41) is 6.40. The topological polar surface area (TPSA) is 84.5 Å². The van der Waals surface area contributed by atoms with E-state index in [1.807, 2.05) is 38.1 Å². The lowest BCUT2D eigenvalue weighted by molar-refractivity contribution is 0.0503. The van der Waals surface area contributed by atoms with Crippen LogP contribution in [0.25, 0.3) is 0 Å². The number of aryl methyl sites for hydroxylation is 2. The zero-order valence-corrected chi connectivity index (χ0v) is 21.1. The molecule has 2 amide bonds. The van der Waals surface area contributed by atoms with Gasteiger partial charge in [-0.1, -0.05) is 42.3 Å². The van der Waals surface area contributed by atoms with Crippen molar-refractivity contribution in [1.29, 1.82) is 0 Å². The molecule has 4 rings (SSSR count). The van der Waals surface area contributed by atoms with Crippen molar-refractivity contribution >= 4 is 34.1 Å². The van der Waals surface area contributed by atoms with E-state index in [2.05, 4.69) is 17.6 Å². The summed E-state index contributed by atoms with van der Waals surface area (Å²) in [5.41, 5.74) is 4.70. The normalized spacial score (nSPS) is 14.7. The number of nitrogens with one attached hydrogen (secondary N) is 2. The number of carbonyl (C=O) groups is 3. The lowest BCUT2D eigenvalue weighted by Crippen LogP contribution is -2.29. The summed E-state index contributed by atoms with van der Waals surface area (Å²) in [5.74, 6) is -0.383. The summed E-state index contributed by atoms with van der Waals surface area (Å²) in [7, 11) is 0. The number of ether oxygens (including phenoxy) is 1. The molecule has 3 aromatic rings. The van der Waals surface area contributed by atoms with Gasteiger partial charge in [-0.3, -0.25) is 9.59 Å². The molecule has 1 atom stereocenters. The molecule has 1 aromatic heterocycles. The van der Waals surface area contributed by atoms with Gasteiger partial charge in [0.1, 0.15) is 11.6 Å². The van der Waals surface area contributed by atoms with Gasteiger partial charge in [-0.2, -0.15) is 0 Å².